The fraction of sp³-hybridized carbons (Fsp3) is 0.231. The summed E-state index contributed by atoms with van der Waals surface area (Å²) in [4.78, 5) is 1.30. The summed E-state index contributed by atoms with van der Waals surface area (Å²) >= 11 is 11.2. The van der Waals surface area contributed by atoms with E-state index in [9.17, 15) is 0 Å². The fourth-order valence-electron chi connectivity index (χ4n) is 1.62. The molecule has 0 aliphatic carbocycles. The van der Waals surface area contributed by atoms with Gasteiger partial charge in [0.2, 0.25) is 0 Å². The second-order valence-corrected chi connectivity index (χ2v) is 6.90. The van der Waals surface area contributed by atoms with Crippen LogP contribution in [0.2, 0.25) is 5.02 Å². The number of nitrogens with one attached hydrogen (secondary N) is 1. The Morgan fingerprint density at radius 2 is 2.06 bits per heavy atom. The summed E-state index contributed by atoms with van der Waals surface area (Å²) in [5.74, 6) is 0. The zero-order valence-corrected chi connectivity index (χ0v) is 12.8. The first-order valence-electron chi connectivity index (χ1n) is 5.34. The van der Waals surface area contributed by atoms with Gasteiger partial charge in [0.25, 0.3) is 0 Å². The van der Waals surface area contributed by atoms with E-state index in [-0.39, 0.29) is 6.04 Å². The van der Waals surface area contributed by atoms with Gasteiger partial charge in [-0.2, -0.15) is 0 Å². The Hall–Kier alpha value is -0.510. The molecular weight excluding hydrogens is 318 g/mol. The number of benzene rings is 1. The van der Waals surface area contributed by atoms with E-state index in [4.69, 9.17) is 11.6 Å². The van der Waals surface area contributed by atoms with Gasteiger partial charge in [-0.25, -0.2) is 0 Å². The molecule has 1 unspecified atom stereocenters. The van der Waals surface area contributed by atoms with Crippen molar-refractivity contribution >= 4 is 44.6 Å². The lowest BCUT2D eigenvalue weighted by Gasteiger charge is -2.16. The Kier molecular flexibility index (Phi) is 4.13. The number of rotatable bonds is 3. The van der Waals surface area contributed by atoms with Gasteiger partial charge in [-0.15, -0.1) is 11.3 Å². The van der Waals surface area contributed by atoms with E-state index in [1.807, 2.05) is 18.2 Å². The van der Waals surface area contributed by atoms with Gasteiger partial charge in [0, 0.05) is 15.6 Å². The van der Waals surface area contributed by atoms with Gasteiger partial charge in [-0.3, -0.25) is 0 Å². The highest BCUT2D eigenvalue weighted by molar-refractivity contribution is 9.11. The average Bonchev–Trinajstić information content (AvgIpc) is 2.70. The number of thiophene rings is 1. The van der Waals surface area contributed by atoms with Crippen LogP contribution in [0.1, 0.15) is 23.4 Å². The summed E-state index contributed by atoms with van der Waals surface area (Å²) in [5.41, 5.74) is 2.30. The summed E-state index contributed by atoms with van der Waals surface area (Å²) < 4.78 is 1.16. The van der Waals surface area contributed by atoms with E-state index in [1.54, 1.807) is 11.3 Å². The van der Waals surface area contributed by atoms with E-state index >= 15 is 0 Å². The van der Waals surface area contributed by atoms with Crippen LogP contribution in [0, 0.1) is 6.92 Å². The van der Waals surface area contributed by atoms with Crippen LogP contribution in [0.3, 0.4) is 0 Å². The average molecular weight is 331 g/mol. The normalized spacial score (nSPS) is 12.5. The van der Waals surface area contributed by atoms with Crippen molar-refractivity contribution in [2.75, 3.05) is 5.32 Å². The molecule has 2 aromatic rings. The van der Waals surface area contributed by atoms with Crippen LogP contribution in [0.4, 0.5) is 5.69 Å². The lowest BCUT2D eigenvalue weighted by atomic mass is 10.1. The number of hydrogen-bond donors (Lipinski definition) is 1. The van der Waals surface area contributed by atoms with E-state index in [1.165, 1.54) is 10.4 Å². The molecule has 1 nitrogen and oxygen atoms in total. The predicted octanol–water partition coefficient (Wildman–Crippen LogP) is 5.65. The van der Waals surface area contributed by atoms with Gasteiger partial charge in [0.1, 0.15) is 0 Å². The molecule has 17 heavy (non-hydrogen) atoms. The zero-order chi connectivity index (χ0) is 12.4. The maximum Gasteiger partial charge on any atom is 0.0702 e. The monoisotopic (exact) mass is 329 g/mol. The molecular formula is C13H13BrClNS. The molecule has 0 aliphatic rings. The first-order chi connectivity index (χ1) is 8.06. The highest BCUT2D eigenvalue weighted by Crippen LogP contribution is 2.30. The fourth-order valence-corrected chi connectivity index (χ4v) is 3.21. The highest BCUT2D eigenvalue weighted by atomic mass is 79.9. The smallest absolute Gasteiger partial charge is 0.0702 e. The van der Waals surface area contributed by atoms with Gasteiger partial charge >= 0.3 is 0 Å². The Bertz CT molecular complexity index is 524. The number of hydrogen-bond acceptors (Lipinski definition) is 2. The number of anilines is 1. The maximum absolute atomic E-state index is 6.01. The third kappa shape index (κ3) is 3.24. The SMILES string of the molecule is Cc1ccc(Cl)cc1NC(C)c1ccc(Br)s1. The molecule has 1 aromatic heterocycles. The van der Waals surface area contributed by atoms with Crippen molar-refractivity contribution in [3.63, 3.8) is 0 Å². The Morgan fingerprint density at radius 3 is 2.71 bits per heavy atom. The number of aryl methyl sites for hydroxylation is 1. The van der Waals surface area contributed by atoms with Crippen molar-refractivity contribution in [2.24, 2.45) is 0 Å². The Morgan fingerprint density at radius 1 is 1.29 bits per heavy atom. The van der Waals surface area contributed by atoms with Crippen molar-refractivity contribution in [2.45, 2.75) is 19.9 Å². The van der Waals surface area contributed by atoms with E-state index in [2.05, 4.69) is 47.2 Å². The second-order valence-electron chi connectivity index (χ2n) is 3.97. The third-order valence-corrected chi connectivity index (χ3v) is 4.63. The molecule has 2 rings (SSSR count). The largest absolute Gasteiger partial charge is 0.377 e. The lowest BCUT2D eigenvalue weighted by Crippen LogP contribution is -2.05. The maximum atomic E-state index is 6.01. The molecule has 0 saturated carbocycles. The molecule has 0 spiro atoms. The van der Waals surface area contributed by atoms with Crippen LogP contribution >= 0.6 is 38.9 Å². The van der Waals surface area contributed by atoms with Crippen molar-refractivity contribution in [3.05, 3.63) is 49.6 Å². The summed E-state index contributed by atoms with van der Waals surface area (Å²) in [6.07, 6.45) is 0. The second kappa shape index (κ2) is 5.42. The van der Waals surface area contributed by atoms with Crippen LogP contribution in [-0.4, -0.2) is 0 Å². The van der Waals surface area contributed by atoms with Crippen LogP contribution in [0.15, 0.2) is 34.1 Å². The molecule has 0 fully saturated rings. The molecule has 0 saturated heterocycles. The highest BCUT2D eigenvalue weighted by Gasteiger charge is 2.09. The van der Waals surface area contributed by atoms with Gasteiger partial charge in [-0.1, -0.05) is 17.7 Å². The molecule has 90 valence electrons. The van der Waals surface area contributed by atoms with Gasteiger partial charge in [-0.05, 0) is 59.6 Å². The first-order valence-corrected chi connectivity index (χ1v) is 7.33. The summed E-state index contributed by atoms with van der Waals surface area (Å²) in [5, 5.41) is 4.25. The van der Waals surface area contributed by atoms with Crippen molar-refractivity contribution in [3.8, 4) is 0 Å². The van der Waals surface area contributed by atoms with Crippen molar-refractivity contribution in [1.29, 1.82) is 0 Å². The van der Waals surface area contributed by atoms with Gasteiger partial charge < -0.3 is 5.32 Å². The minimum absolute atomic E-state index is 0.281. The molecule has 0 aliphatic heterocycles. The zero-order valence-electron chi connectivity index (χ0n) is 9.63. The molecule has 4 heteroatoms. The molecule has 1 aromatic carbocycles. The Labute approximate surface area is 119 Å². The molecule has 0 bridgehead atoms. The van der Waals surface area contributed by atoms with E-state index < -0.39 is 0 Å². The quantitative estimate of drug-likeness (QED) is 0.767. The molecule has 1 atom stereocenters. The molecule has 0 amide bonds. The van der Waals surface area contributed by atoms with E-state index in [0.29, 0.717) is 0 Å². The number of halogens is 2. The van der Waals surface area contributed by atoms with Crippen LogP contribution < -0.4 is 5.32 Å². The topological polar surface area (TPSA) is 12.0 Å². The van der Waals surface area contributed by atoms with Crippen molar-refractivity contribution < 1.29 is 0 Å². The summed E-state index contributed by atoms with van der Waals surface area (Å²) in [6.45, 7) is 4.23. The van der Waals surface area contributed by atoms with Crippen molar-refractivity contribution in [1.82, 2.24) is 0 Å². The minimum Gasteiger partial charge on any atom is -0.377 e. The summed E-state index contributed by atoms with van der Waals surface area (Å²) in [6, 6.07) is 10.4. The van der Waals surface area contributed by atoms with Crippen LogP contribution in [0.5, 0.6) is 0 Å². The Balaban J connectivity index is 2.18. The third-order valence-electron chi connectivity index (χ3n) is 2.59. The minimum atomic E-state index is 0.281. The lowest BCUT2D eigenvalue weighted by molar-refractivity contribution is 0.905. The molecule has 1 N–H and O–H groups in total. The molecule has 0 radical (unpaired) electrons. The van der Waals surface area contributed by atoms with Crippen LogP contribution in [0.25, 0.3) is 0 Å². The predicted molar refractivity (Wildman–Crippen MR) is 80.2 cm³/mol. The van der Waals surface area contributed by atoms with Gasteiger partial charge in [0.15, 0.2) is 0 Å². The first kappa shape index (κ1) is 12.9. The summed E-state index contributed by atoms with van der Waals surface area (Å²) in [7, 11) is 0. The van der Waals surface area contributed by atoms with Gasteiger partial charge in [0.05, 0.1) is 9.83 Å². The van der Waals surface area contributed by atoms with E-state index in [0.717, 1.165) is 14.5 Å². The van der Waals surface area contributed by atoms with Crippen LogP contribution in [-0.2, 0) is 0 Å². The standard InChI is InChI=1S/C13H13BrClNS/c1-8-3-4-10(15)7-11(8)16-9(2)12-5-6-13(14)17-12/h3-7,9,16H,1-2H3. The molecule has 1 heterocycles.